The zero-order valence-corrected chi connectivity index (χ0v) is 13.0. The quantitative estimate of drug-likeness (QED) is 0.758. The van der Waals surface area contributed by atoms with E-state index in [2.05, 4.69) is 20.7 Å². The molecule has 9 heteroatoms. The van der Waals surface area contributed by atoms with Crippen LogP contribution in [0.3, 0.4) is 0 Å². The van der Waals surface area contributed by atoms with Crippen LogP contribution in [0.4, 0.5) is 25.0 Å². The Hall–Kier alpha value is -3.49. The highest BCUT2D eigenvalue weighted by Gasteiger charge is 2.08. The Balaban J connectivity index is 1.60. The summed E-state index contributed by atoms with van der Waals surface area (Å²) >= 11 is 0. The molecule has 0 saturated carbocycles. The van der Waals surface area contributed by atoms with Gasteiger partial charge in [-0.3, -0.25) is 4.68 Å². The van der Waals surface area contributed by atoms with E-state index in [0.29, 0.717) is 17.4 Å². The molecule has 2 N–H and O–H groups in total. The third kappa shape index (κ3) is 4.28. The lowest BCUT2D eigenvalue weighted by molar-refractivity contribution is 0.262. The van der Waals surface area contributed by atoms with E-state index in [4.69, 9.17) is 4.74 Å². The molecule has 2 amide bonds. The van der Waals surface area contributed by atoms with Crippen molar-refractivity contribution in [2.24, 2.45) is 7.05 Å². The van der Waals surface area contributed by atoms with Crippen molar-refractivity contribution >= 4 is 17.4 Å². The molecule has 0 unspecified atom stereocenters. The minimum atomic E-state index is -0.833. The van der Waals surface area contributed by atoms with Gasteiger partial charge in [-0.25, -0.2) is 18.6 Å². The number of pyridine rings is 1. The molecule has 3 rings (SSSR count). The van der Waals surface area contributed by atoms with Crippen LogP contribution in [-0.2, 0) is 7.05 Å². The summed E-state index contributed by atoms with van der Waals surface area (Å²) in [4.78, 5) is 15.8. The number of urea groups is 1. The predicted molar refractivity (Wildman–Crippen MR) is 86.5 cm³/mol. The van der Waals surface area contributed by atoms with E-state index < -0.39 is 17.7 Å². The lowest BCUT2D eigenvalue weighted by Crippen LogP contribution is -2.19. The lowest BCUT2D eigenvalue weighted by Gasteiger charge is -2.08. The third-order valence-electron chi connectivity index (χ3n) is 3.07. The maximum atomic E-state index is 13.5. The minimum Gasteiger partial charge on any atom is -0.436 e. The summed E-state index contributed by atoms with van der Waals surface area (Å²) < 4.78 is 33.2. The van der Waals surface area contributed by atoms with Gasteiger partial charge in [0.15, 0.2) is 11.6 Å². The van der Waals surface area contributed by atoms with Gasteiger partial charge in [0.05, 0.1) is 23.8 Å². The Bertz CT molecular complexity index is 896. The number of aromatic nitrogens is 3. The van der Waals surface area contributed by atoms with Crippen LogP contribution < -0.4 is 15.4 Å². The molecule has 3 aromatic rings. The molecule has 128 valence electrons. The Labute approximate surface area is 141 Å². The lowest BCUT2D eigenvalue weighted by atomic mass is 10.3. The molecule has 1 aromatic carbocycles. The number of carbonyl (C=O) groups excluding carboxylic acids is 1. The van der Waals surface area contributed by atoms with E-state index in [1.165, 1.54) is 30.6 Å². The number of nitrogens with zero attached hydrogens (tertiary/aromatic N) is 3. The van der Waals surface area contributed by atoms with E-state index in [1.54, 1.807) is 17.9 Å². The zero-order chi connectivity index (χ0) is 17.8. The minimum absolute atomic E-state index is 0.101. The SMILES string of the molecule is Cn1cc(NC(=O)Nc2ccc(Oc3ccc(F)cc3F)nc2)cn1. The van der Waals surface area contributed by atoms with E-state index in [-0.39, 0.29) is 11.6 Å². The average molecular weight is 345 g/mol. The molecule has 0 atom stereocenters. The van der Waals surface area contributed by atoms with Gasteiger partial charge in [0.25, 0.3) is 0 Å². The van der Waals surface area contributed by atoms with Gasteiger partial charge in [-0.15, -0.1) is 0 Å². The van der Waals surface area contributed by atoms with Gasteiger partial charge >= 0.3 is 6.03 Å². The van der Waals surface area contributed by atoms with Crippen molar-refractivity contribution in [3.05, 3.63) is 60.6 Å². The Kier molecular flexibility index (Phi) is 4.55. The second-order valence-corrected chi connectivity index (χ2v) is 5.04. The van der Waals surface area contributed by atoms with Gasteiger partial charge in [0.1, 0.15) is 5.82 Å². The Morgan fingerprint density at radius 3 is 2.56 bits per heavy atom. The molecule has 0 aliphatic carbocycles. The van der Waals surface area contributed by atoms with Crippen LogP contribution in [0.2, 0.25) is 0 Å². The van der Waals surface area contributed by atoms with Crippen LogP contribution in [0.1, 0.15) is 0 Å². The summed E-state index contributed by atoms with van der Waals surface area (Å²) in [5.41, 5.74) is 0.952. The largest absolute Gasteiger partial charge is 0.436 e. The molecular weight excluding hydrogens is 332 g/mol. The first-order valence-electron chi connectivity index (χ1n) is 7.15. The van der Waals surface area contributed by atoms with Gasteiger partial charge < -0.3 is 15.4 Å². The molecule has 0 spiro atoms. The number of aryl methyl sites for hydroxylation is 1. The van der Waals surface area contributed by atoms with Crippen molar-refractivity contribution in [1.82, 2.24) is 14.8 Å². The number of carbonyl (C=O) groups is 1. The molecule has 25 heavy (non-hydrogen) atoms. The average Bonchev–Trinajstić information content (AvgIpc) is 2.96. The smallest absolute Gasteiger partial charge is 0.323 e. The zero-order valence-electron chi connectivity index (χ0n) is 13.0. The van der Waals surface area contributed by atoms with Crippen LogP contribution in [0.25, 0.3) is 0 Å². The standard InChI is InChI=1S/C16H13F2N5O2/c1-23-9-12(8-20-23)22-16(24)21-11-3-5-15(19-7-11)25-14-4-2-10(17)6-13(14)18/h2-9H,1H3,(H2,21,22,24). The molecule has 2 aromatic heterocycles. The molecule has 0 fully saturated rings. The number of rotatable bonds is 4. The number of amides is 2. The highest BCUT2D eigenvalue weighted by molar-refractivity contribution is 5.99. The van der Waals surface area contributed by atoms with Crippen molar-refractivity contribution in [2.75, 3.05) is 10.6 Å². The molecule has 0 bridgehead atoms. The van der Waals surface area contributed by atoms with Crippen LogP contribution in [0, 0.1) is 11.6 Å². The van der Waals surface area contributed by atoms with Crippen LogP contribution in [0.15, 0.2) is 48.9 Å². The third-order valence-corrected chi connectivity index (χ3v) is 3.07. The number of benzene rings is 1. The highest BCUT2D eigenvalue weighted by Crippen LogP contribution is 2.24. The summed E-state index contributed by atoms with van der Waals surface area (Å²) in [5, 5.41) is 9.11. The number of hydrogen-bond donors (Lipinski definition) is 2. The van der Waals surface area contributed by atoms with Crippen molar-refractivity contribution in [2.45, 2.75) is 0 Å². The first-order valence-corrected chi connectivity index (χ1v) is 7.15. The number of hydrogen-bond acceptors (Lipinski definition) is 4. The summed E-state index contributed by atoms with van der Waals surface area (Å²) in [7, 11) is 1.73. The monoisotopic (exact) mass is 345 g/mol. The van der Waals surface area contributed by atoms with Crippen molar-refractivity contribution in [3.8, 4) is 11.6 Å². The molecule has 7 nitrogen and oxygen atoms in total. The fourth-order valence-corrected chi connectivity index (χ4v) is 1.96. The summed E-state index contributed by atoms with van der Waals surface area (Å²) in [5.74, 6) is -1.58. The van der Waals surface area contributed by atoms with Gasteiger partial charge in [-0.2, -0.15) is 5.10 Å². The fraction of sp³-hybridized carbons (Fsp3) is 0.0625. The maximum absolute atomic E-state index is 13.5. The first kappa shape index (κ1) is 16.4. The first-order chi connectivity index (χ1) is 12.0. The molecule has 0 aliphatic heterocycles. The van der Waals surface area contributed by atoms with Crippen molar-refractivity contribution in [3.63, 3.8) is 0 Å². The molecule has 0 radical (unpaired) electrons. The predicted octanol–water partition coefficient (Wildman–Crippen LogP) is 3.53. The van der Waals surface area contributed by atoms with Crippen LogP contribution in [0.5, 0.6) is 11.6 Å². The van der Waals surface area contributed by atoms with Gasteiger partial charge in [0.2, 0.25) is 5.88 Å². The van der Waals surface area contributed by atoms with Crippen LogP contribution in [-0.4, -0.2) is 20.8 Å². The normalized spacial score (nSPS) is 10.4. The molecular formula is C16H13F2N5O2. The topological polar surface area (TPSA) is 81.1 Å². The van der Waals surface area contributed by atoms with E-state index in [9.17, 15) is 13.6 Å². The summed E-state index contributed by atoms with van der Waals surface area (Å²) in [6.07, 6.45) is 4.50. The molecule has 0 saturated heterocycles. The Morgan fingerprint density at radius 2 is 1.92 bits per heavy atom. The van der Waals surface area contributed by atoms with Crippen LogP contribution >= 0.6 is 0 Å². The van der Waals surface area contributed by atoms with Gasteiger partial charge in [0, 0.05) is 25.4 Å². The van der Waals surface area contributed by atoms with E-state index in [1.807, 2.05) is 0 Å². The van der Waals surface area contributed by atoms with E-state index in [0.717, 1.165) is 6.07 Å². The summed E-state index contributed by atoms with van der Waals surface area (Å²) in [6.45, 7) is 0. The fourth-order valence-electron chi connectivity index (χ4n) is 1.96. The van der Waals surface area contributed by atoms with Crippen molar-refractivity contribution < 1.29 is 18.3 Å². The number of halogens is 2. The van der Waals surface area contributed by atoms with Gasteiger partial charge in [-0.1, -0.05) is 0 Å². The van der Waals surface area contributed by atoms with Crippen molar-refractivity contribution in [1.29, 1.82) is 0 Å². The molecule has 2 heterocycles. The number of nitrogens with one attached hydrogen (secondary N) is 2. The second kappa shape index (κ2) is 6.95. The maximum Gasteiger partial charge on any atom is 0.323 e. The van der Waals surface area contributed by atoms with E-state index >= 15 is 0 Å². The Morgan fingerprint density at radius 1 is 1.12 bits per heavy atom. The molecule has 0 aliphatic rings. The number of ether oxygens (including phenoxy) is 1. The second-order valence-electron chi connectivity index (χ2n) is 5.04. The summed E-state index contributed by atoms with van der Waals surface area (Å²) in [6, 6.07) is 5.48. The highest BCUT2D eigenvalue weighted by atomic mass is 19.1. The van der Waals surface area contributed by atoms with Gasteiger partial charge in [-0.05, 0) is 18.2 Å². The number of anilines is 2.